The quantitative estimate of drug-likeness (QED) is 0.262. The standard InChI is InChI=1S/C23H31NO5/c1-13-4-3-5-15-11-19-20(21(27)23(13,15)2)16(22(28)29-19)12-24-9-8-14-6-7-17(25)18(26)10-14/h5-7,10,13,16,19-21,24-27H,3-4,8-9,11-12H2,1-2H3. The molecule has 0 aromatic heterocycles. The van der Waals surface area contributed by atoms with Crippen LogP contribution in [0.25, 0.3) is 0 Å². The van der Waals surface area contributed by atoms with Crippen LogP contribution in [0.1, 0.15) is 38.7 Å². The number of ether oxygens (including phenoxy) is 1. The van der Waals surface area contributed by atoms with E-state index in [9.17, 15) is 20.1 Å². The number of rotatable bonds is 5. The second-order valence-corrected chi connectivity index (χ2v) is 9.08. The van der Waals surface area contributed by atoms with E-state index in [4.69, 9.17) is 4.74 Å². The number of nitrogens with one attached hydrogen (secondary N) is 1. The van der Waals surface area contributed by atoms with Crippen molar-refractivity contribution in [2.24, 2.45) is 23.2 Å². The molecule has 1 heterocycles. The van der Waals surface area contributed by atoms with Gasteiger partial charge in [0.2, 0.25) is 0 Å². The minimum Gasteiger partial charge on any atom is -0.504 e. The summed E-state index contributed by atoms with van der Waals surface area (Å²) in [5, 5.41) is 33.6. The molecule has 4 rings (SSSR count). The van der Waals surface area contributed by atoms with Crippen molar-refractivity contribution < 1.29 is 24.9 Å². The number of aliphatic hydroxyl groups is 1. The molecule has 0 radical (unpaired) electrons. The molecule has 29 heavy (non-hydrogen) atoms. The van der Waals surface area contributed by atoms with E-state index in [2.05, 4.69) is 25.2 Å². The Balaban J connectivity index is 1.40. The number of esters is 1. The van der Waals surface area contributed by atoms with Crippen molar-refractivity contribution in [1.29, 1.82) is 0 Å². The zero-order valence-corrected chi connectivity index (χ0v) is 17.1. The van der Waals surface area contributed by atoms with Crippen LogP contribution < -0.4 is 5.32 Å². The molecule has 3 aliphatic rings. The van der Waals surface area contributed by atoms with Crippen LogP contribution in [0.4, 0.5) is 0 Å². The Labute approximate surface area is 171 Å². The largest absolute Gasteiger partial charge is 0.504 e. The number of aliphatic hydroxyl groups excluding tert-OH is 1. The van der Waals surface area contributed by atoms with Gasteiger partial charge in [-0.05, 0) is 49.4 Å². The topological polar surface area (TPSA) is 99.0 Å². The summed E-state index contributed by atoms with van der Waals surface area (Å²) in [6.45, 7) is 5.44. The molecule has 2 fully saturated rings. The second kappa shape index (κ2) is 7.65. The summed E-state index contributed by atoms with van der Waals surface area (Å²) < 4.78 is 5.68. The van der Waals surface area contributed by atoms with Crippen molar-refractivity contribution in [3.63, 3.8) is 0 Å². The van der Waals surface area contributed by atoms with Gasteiger partial charge in [0.15, 0.2) is 11.5 Å². The molecule has 6 unspecified atom stereocenters. The van der Waals surface area contributed by atoms with Crippen LogP contribution in [0, 0.1) is 23.2 Å². The zero-order valence-electron chi connectivity index (χ0n) is 17.1. The molecule has 0 amide bonds. The summed E-state index contributed by atoms with van der Waals surface area (Å²) in [6, 6.07) is 4.78. The van der Waals surface area contributed by atoms with E-state index >= 15 is 0 Å². The van der Waals surface area contributed by atoms with Gasteiger partial charge in [0.25, 0.3) is 0 Å². The van der Waals surface area contributed by atoms with Gasteiger partial charge in [-0.15, -0.1) is 0 Å². The molecule has 1 aromatic rings. The van der Waals surface area contributed by atoms with E-state index in [1.165, 1.54) is 11.6 Å². The molecular formula is C23H31NO5. The van der Waals surface area contributed by atoms with E-state index in [1.54, 1.807) is 12.1 Å². The number of phenols is 2. The van der Waals surface area contributed by atoms with Crippen molar-refractivity contribution in [2.75, 3.05) is 13.1 Å². The summed E-state index contributed by atoms with van der Waals surface area (Å²) in [5.74, 6) is -0.638. The monoisotopic (exact) mass is 401 g/mol. The lowest BCUT2D eigenvalue weighted by atomic mass is 9.55. The fraction of sp³-hybridized carbons (Fsp3) is 0.609. The lowest BCUT2D eigenvalue weighted by Crippen LogP contribution is -2.54. The average molecular weight is 402 g/mol. The SMILES string of the molecule is CC1CCC=C2CC3OC(=O)C(CNCCc4ccc(O)c(O)c4)C3C(O)C21C. The molecule has 0 bridgehead atoms. The number of carbonyl (C=O) groups is 1. The molecule has 158 valence electrons. The maximum atomic E-state index is 12.6. The van der Waals surface area contributed by atoms with Crippen LogP contribution in [0.3, 0.4) is 0 Å². The summed E-state index contributed by atoms with van der Waals surface area (Å²) >= 11 is 0. The summed E-state index contributed by atoms with van der Waals surface area (Å²) in [7, 11) is 0. The first-order chi connectivity index (χ1) is 13.8. The maximum absolute atomic E-state index is 12.6. The first kappa shape index (κ1) is 20.2. The number of hydrogen-bond acceptors (Lipinski definition) is 6. The van der Waals surface area contributed by atoms with Gasteiger partial charge in [0, 0.05) is 24.3 Å². The predicted molar refractivity (Wildman–Crippen MR) is 108 cm³/mol. The third kappa shape index (κ3) is 3.42. The van der Waals surface area contributed by atoms with E-state index in [-0.39, 0.29) is 40.8 Å². The lowest BCUT2D eigenvalue weighted by Gasteiger charge is -2.51. The maximum Gasteiger partial charge on any atom is 0.311 e. The van der Waals surface area contributed by atoms with Gasteiger partial charge in [-0.25, -0.2) is 0 Å². The van der Waals surface area contributed by atoms with E-state index in [0.717, 1.165) is 24.8 Å². The van der Waals surface area contributed by atoms with Gasteiger partial charge in [-0.3, -0.25) is 4.79 Å². The fourth-order valence-electron chi connectivity index (χ4n) is 5.51. The van der Waals surface area contributed by atoms with Crippen LogP contribution in [-0.4, -0.2) is 46.6 Å². The van der Waals surface area contributed by atoms with Gasteiger partial charge >= 0.3 is 5.97 Å². The molecule has 6 nitrogen and oxygen atoms in total. The third-order valence-corrected chi connectivity index (χ3v) is 7.56. The highest BCUT2D eigenvalue weighted by molar-refractivity contribution is 5.76. The predicted octanol–water partition coefficient (Wildman–Crippen LogP) is 2.51. The van der Waals surface area contributed by atoms with Crippen LogP contribution in [0.5, 0.6) is 11.5 Å². The normalized spacial score (nSPS) is 36.2. The molecule has 2 aliphatic carbocycles. The number of allylic oxidation sites excluding steroid dienone is 1. The molecule has 0 spiro atoms. The number of aromatic hydroxyl groups is 2. The Morgan fingerprint density at radius 1 is 1.28 bits per heavy atom. The van der Waals surface area contributed by atoms with E-state index in [0.29, 0.717) is 25.4 Å². The number of fused-ring (bicyclic) bond motifs is 2. The first-order valence-electron chi connectivity index (χ1n) is 10.6. The summed E-state index contributed by atoms with van der Waals surface area (Å²) in [5.41, 5.74) is 1.86. The van der Waals surface area contributed by atoms with Crippen LogP contribution in [-0.2, 0) is 16.0 Å². The highest BCUT2D eigenvalue weighted by atomic mass is 16.6. The molecular weight excluding hydrogens is 370 g/mol. The Morgan fingerprint density at radius 2 is 2.07 bits per heavy atom. The Morgan fingerprint density at radius 3 is 2.83 bits per heavy atom. The number of carbonyl (C=O) groups excluding carboxylic acids is 1. The van der Waals surface area contributed by atoms with Crippen LogP contribution in [0.2, 0.25) is 0 Å². The smallest absolute Gasteiger partial charge is 0.311 e. The average Bonchev–Trinajstić information content (AvgIpc) is 2.99. The molecule has 1 aliphatic heterocycles. The third-order valence-electron chi connectivity index (χ3n) is 7.56. The molecule has 6 atom stereocenters. The fourth-order valence-corrected chi connectivity index (χ4v) is 5.51. The summed E-state index contributed by atoms with van der Waals surface area (Å²) in [4.78, 5) is 12.6. The molecule has 1 aromatic carbocycles. The van der Waals surface area contributed by atoms with Gasteiger partial charge in [-0.2, -0.15) is 0 Å². The van der Waals surface area contributed by atoms with Gasteiger partial charge in [0.05, 0.1) is 12.0 Å². The minimum absolute atomic E-state index is 0.131. The summed E-state index contributed by atoms with van der Waals surface area (Å²) in [6.07, 6.45) is 4.91. The molecule has 1 saturated carbocycles. The van der Waals surface area contributed by atoms with Gasteiger partial charge < -0.3 is 25.4 Å². The Hall–Kier alpha value is -2.05. The van der Waals surface area contributed by atoms with Crippen LogP contribution in [0.15, 0.2) is 29.8 Å². The lowest BCUT2D eigenvalue weighted by molar-refractivity contribution is -0.144. The second-order valence-electron chi connectivity index (χ2n) is 9.08. The number of phenolic OH excluding ortho intramolecular Hbond substituents is 2. The van der Waals surface area contributed by atoms with E-state index < -0.39 is 6.10 Å². The molecule has 4 N–H and O–H groups in total. The number of hydrogen-bond donors (Lipinski definition) is 4. The minimum atomic E-state index is -0.588. The van der Waals surface area contributed by atoms with Crippen molar-refractivity contribution in [2.45, 2.75) is 51.7 Å². The van der Waals surface area contributed by atoms with Gasteiger partial charge in [0.1, 0.15) is 6.10 Å². The highest BCUT2D eigenvalue weighted by Gasteiger charge is 2.59. The highest BCUT2D eigenvalue weighted by Crippen LogP contribution is 2.55. The zero-order chi connectivity index (χ0) is 20.8. The first-order valence-corrected chi connectivity index (χ1v) is 10.6. The molecule has 6 heteroatoms. The molecule has 1 saturated heterocycles. The Kier molecular flexibility index (Phi) is 5.34. The van der Waals surface area contributed by atoms with Crippen molar-refractivity contribution in [1.82, 2.24) is 5.32 Å². The Bertz CT molecular complexity index is 821. The van der Waals surface area contributed by atoms with Crippen LogP contribution >= 0.6 is 0 Å². The van der Waals surface area contributed by atoms with Gasteiger partial charge in [-0.1, -0.05) is 31.6 Å². The van der Waals surface area contributed by atoms with Crippen molar-refractivity contribution >= 4 is 5.97 Å². The van der Waals surface area contributed by atoms with E-state index in [1.807, 2.05) is 0 Å². The van der Waals surface area contributed by atoms with Crippen molar-refractivity contribution in [3.05, 3.63) is 35.4 Å². The van der Waals surface area contributed by atoms with Crippen molar-refractivity contribution in [3.8, 4) is 11.5 Å². The number of benzene rings is 1.